The molecule has 0 amide bonds. The van der Waals surface area contributed by atoms with Crippen molar-refractivity contribution in [2.45, 2.75) is 97.9 Å². The number of unbranched alkanes of at least 4 members (excludes halogenated alkanes) is 3. The van der Waals surface area contributed by atoms with Gasteiger partial charge < -0.3 is 35.0 Å². The Morgan fingerprint density at radius 2 is 1.59 bits per heavy atom. The van der Waals surface area contributed by atoms with Crippen LogP contribution in [-0.2, 0) is 28.7 Å². The zero-order valence-electron chi connectivity index (χ0n) is 25.2. The van der Waals surface area contributed by atoms with Crippen molar-refractivity contribution >= 4 is 24.7 Å². The van der Waals surface area contributed by atoms with E-state index in [-0.39, 0.29) is 55.3 Å². The highest BCUT2D eigenvalue weighted by atomic mass is 16.6. The lowest BCUT2D eigenvalue weighted by molar-refractivity contribution is -0.149. The zero-order valence-corrected chi connectivity index (χ0v) is 25.2. The van der Waals surface area contributed by atoms with Crippen molar-refractivity contribution in [3.05, 3.63) is 34.4 Å². The number of aldehydes is 1. The smallest absolute Gasteiger partial charge is 0.344 e. The highest BCUT2D eigenvalue weighted by Crippen LogP contribution is 2.35. The van der Waals surface area contributed by atoms with E-state index < -0.39 is 54.3 Å². The summed E-state index contributed by atoms with van der Waals surface area (Å²) in [5.41, 5.74) is -0.856. The van der Waals surface area contributed by atoms with Gasteiger partial charge in [-0.2, -0.15) is 0 Å². The van der Waals surface area contributed by atoms with Crippen LogP contribution in [0.3, 0.4) is 0 Å². The van der Waals surface area contributed by atoms with E-state index in [1.54, 1.807) is 0 Å². The molecule has 11 nitrogen and oxygen atoms in total. The van der Waals surface area contributed by atoms with Crippen molar-refractivity contribution in [2.75, 3.05) is 20.3 Å². The van der Waals surface area contributed by atoms with E-state index >= 15 is 0 Å². The first-order chi connectivity index (χ1) is 19.6. The third kappa shape index (κ3) is 13.7. The van der Waals surface area contributed by atoms with Crippen LogP contribution in [0.1, 0.15) is 79.6 Å². The third-order valence-electron chi connectivity index (χ3n) is 6.53. The normalized spacial score (nSPS) is 24.2. The maximum atomic E-state index is 12.5. The molecule has 5 atom stereocenters. The molecule has 11 heteroatoms. The van der Waals surface area contributed by atoms with Gasteiger partial charge >= 0.3 is 18.4 Å². The molecule has 0 saturated carbocycles. The van der Waals surface area contributed by atoms with Crippen molar-refractivity contribution in [1.29, 1.82) is 0 Å². The largest absolute Gasteiger partial charge is 0.466 e. The molecule has 0 aromatic rings. The van der Waals surface area contributed by atoms with Crippen molar-refractivity contribution in [3.63, 3.8) is 0 Å². The first-order valence-electron chi connectivity index (χ1n) is 14.1. The molecule has 5 N–H and O–H groups in total. The number of ether oxygens (including phenoxy) is 2. The molecule has 1 aliphatic rings. The number of allylic oxidation sites excluding steroid dienone is 1. The van der Waals surface area contributed by atoms with E-state index in [1.165, 1.54) is 44.8 Å². The molecule has 0 bridgehead atoms. The van der Waals surface area contributed by atoms with E-state index in [2.05, 4.69) is 18.6 Å². The van der Waals surface area contributed by atoms with E-state index in [0.29, 0.717) is 0 Å². The Morgan fingerprint density at radius 3 is 2.02 bits per heavy atom. The number of hydrogen-bond acceptors (Lipinski definition) is 11. The molecule has 1 rings (SSSR count). The molecular formula is C30H50O11. The number of methoxy groups -OCH3 is 1. The first kappa shape index (κ1) is 40.4. The van der Waals surface area contributed by atoms with Crippen molar-refractivity contribution in [2.24, 2.45) is 11.8 Å². The summed E-state index contributed by atoms with van der Waals surface area (Å²) in [4.78, 5) is 47.6. The summed E-state index contributed by atoms with van der Waals surface area (Å²) in [6.45, 7) is 8.62. The van der Waals surface area contributed by atoms with Gasteiger partial charge in [0, 0.05) is 17.1 Å². The predicted molar refractivity (Wildman–Crippen MR) is 153 cm³/mol. The van der Waals surface area contributed by atoms with Crippen molar-refractivity contribution in [3.8, 4) is 0 Å². The minimum atomic E-state index is -1.82. The van der Waals surface area contributed by atoms with Crippen molar-refractivity contribution < 1.29 is 54.2 Å². The molecule has 41 heavy (non-hydrogen) atoms. The molecule has 0 fully saturated rings. The van der Waals surface area contributed by atoms with E-state index in [1.807, 2.05) is 13.8 Å². The number of aliphatic hydroxyl groups is 5. The zero-order chi connectivity index (χ0) is 32.0. The SMILES string of the molecule is CC.CCCCCC.COC(=O)/C1=C(\C=O)C(CO)C(O)/C(C(=O)OC=O)=C(/C)CC(C(O)C(O)C/C=C/CO)C1. The summed E-state index contributed by atoms with van der Waals surface area (Å²) in [6.07, 6.45) is 3.47. The number of esters is 2. The van der Waals surface area contributed by atoms with Gasteiger partial charge in [-0.15, -0.1) is 0 Å². The summed E-state index contributed by atoms with van der Waals surface area (Å²) >= 11 is 0. The van der Waals surface area contributed by atoms with Gasteiger partial charge in [0.05, 0.1) is 44.2 Å². The number of rotatable bonds is 13. The van der Waals surface area contributed by atoms with Gasteiger partial charge in [-0.3, -0.25) is 9.59 Å². The lowest BCUT2D eigenvalue weighted by atomic mass is 9.83. The Hall–Kier alpha value is -2.70. The Balaban J connectivity index is 0. The van der Waals surface area contributed by atoms with Gasteiger partial charge in [0.2, 0.25) is 0 Å². The lowest BCUT2D eigenvalue weighted by Crippen LogP contribution is -2.34. The second kappa shape index (κ2) is 24.0. The predicted octanol–water partition coefficient (Wildman–Crippen LogP) is 2.32. The Morgan fingerprint density at radius 1 is 1.00 bits per heavy atom. The molecule has 0 saturated heterocycles. The molecule has 1 aliphatic carbocycles. The van der Waals surface area contributed by atoms with E-state index in [4.69, 9.17) is 9.84 Å². The third-order valence-corrected chi connectivity index (χ3v) is 6.53. The quantitative estimate of drug-likeness (QED) is 0.0700. The fraction of sp³-hybridized carbons (Fsp3) is 0.667. The molecule has 0 aromatic heterocycles. The van der Waals surface area contributed by atoms with E-state index in [0.717, 1.165) is 7.11 Å². The summed E-state index contributed by atoms with van der Waals surface area (Å²) in [5, 5.41) is 50.8. The van der Waals surface area contributed by atoms with Crippen LogP contribution >= 0.6 is 0 Å². The van der Waals surface area contributed by atoms with Gasteiger partial charge in [0.1, 0.15) is 6.29 Å². The second-order valence-electron chi connectivity index (χ2n) is 9.30. The van der Waals surface area contributed by atoms with Gasteiger partial charge in [-0.25, -0.2) is 9.59 Å². The molecule has 0 heterocycles. The van der Waals surface area contributed by atoms with Crippen molar-refractivity contribution in [1.82, 2.24) is 0 Å². The van der Waals surface area contributed by atoms with Crippen LogP contribution in [0.25, 0.3) is 0 Å². The van der Waals surface area contributed by atoms with Gasteiger partial charge in [0.15, 0.2) is 0 Å². The van der Waals surface area contributed by atoms with Gasteiger partial charge in [-0.1, -0.05) is 71.1 Å². The second-order valence-corrected chi connectivity index (χ2v) is 9.30. The summed E-state index contributed by atoms with van der Waals surface area (Å²) in [5.74, 6) is -4.56. The Labute approximate surface area is 243 Å². The molecule has 0 aromatic carbocycles. The molecule has 0 spiro atoms. The van der Waals surface area contributed by atoms with Crippen LogP contribution in [0.4, 0.5) is 0 Å². The highest BCUT2D eigenvalue weighted by molar-refractivity contribution is 5.97. The number of carbonyl (C=O) groups is 4. The fourth-order valence-electron chi connectivity index (χ4n) is 4.39. The molecule has 0 radical (unpaired) electrons. The van der Waals surface area contributed by atoms with Crippen LogP contribution in [0.5, 0.6) is 0 Å². The number of aliphatic hydroxyl groups excluding tert-OH is 5. The summed E-state index contributed by atoms with van der Waals surface area (Å²) in [6, 6.07) is 0. The molecule has 5 unspecified atom stereocenters. The number of carbonyl (C=O) groups excluding carboxylic acids is 4. The van der Waals surface area contributed by atoms with Crippen LogP contribution in [0.15, 0.2) is 34.4 Å². The average molecular weight is 587 g/mol. The van der Waals surface area contributed by atoms with Crippen LogP contribution in [0.2, 0.25) is 0 Å². The van der Waals surface area contributed by atoms with Crippen LogP contribution < -0.4 is 0 Å². The lowest BCUT2D eigenvalue weighted by Gasteiger charge is -2.27. The molecule has 236 valence electrons. The molecular weight excluding hydrogens is 536 g/mol. The Bertz CT molecular complexity index is 872. The Kier molecular flexibility index (Phi) is 23.6. The minimum absolute atomic E-state index is 0.0409. The van der Waals surface area contributed by atoms with Crippen LogP contribution in [0, 0.1) is 11.8 Å². The highest BCUT2D eigenvalue weighted by Gasteiger charge is 2.39. The first-order valence-corrected chi connectivity index (χ1v) is 14.1. The monoisotopic (exact) mass is 586 g/mol. The maximum absolute atomic E-state index is 12.5. The topological polar surface area (TPSA) is 188 Å². The van der Waals surface area contributed by atoms with Gasteiger partial charge in [-0.05, 0) is 32.1 Å². The van der Waals surface area contributed by atoms with Crippen LogP contribution in [-0.4, -0.2) is 88.9 Å². The fourth-order valence-corrected chi connectivity index (χ4v) is 4.39. The number of hydrogen-bond donors (Lipinski definition) is 5. The van der Waals surface area contributed by atoms with E-state index in [9.17, 15) is 39.6 Å². The van der Waals surface area contributed by atoms with Gasteiger partial charge in [0.25, 0.3) is 0 Å². The molecule has 0 aliphatic heterocycles. The summed E-state index contributed by atoms with van der Waals surface area (Å²) in [7, 11) is 1.06. The maximum Gasteiger partial charge on any atom is 0.344 e. The summed E-state index contributed by atoms with van der Waals surface area (Å²) < 4.78 is 9.11. The average Bonchev–Trinajstić information content (AvgIpc) is 3.01. The minimum Gasteiger partial charge on any atom is -0.466 e. The standard InChI is InChI=1S/C22H30O11.C6H14.C2H6/c1-12-7-13(19(28)17(27)5-3-4-6-23)8-14(21(30)32-2)15(9-24)16(10-25)20(29)18(12)22(31)33-11-26;1-3-5-6-4-2;1-2/h3-4,9,11,13,16-17,19-20,23,25,27-29H,5-8,10H2,1-2H3;3-6H2,1-2H3;1-2H3/b4-3+,15-14+,18-12+;;.